The van der Waals surface area contributed by atoms with Gasteiger partial charge in [-0.1, -0.05) is 48.5 Å². The van der Waals surface area contributed by atoms with Gasteiger partial charge < -0.3 is 10.2 Å². The molecule has 2 heterocycles. The van der Waals surface area contributed by atoms with Crippen molar-refractivity contribution in [2.45, 2.75) is 19.4 Å². The fourth-order valence-corrected chi connectivity index (χ4v) is 4.13. The second-order valence-corrected chi connectivity index (χ2v) is 7.98. The fourth-order valence-electron chi connectivity index (χ4n) is 4.13. The van der Waals surface area contributed by atoms with Crippen molar-refractivity contribution in [3.8, 4) is 5.69 Å². The van der Waals surface area contributed by atoms with E-state index in [-0.39, 0.29) is 11.5 Å². The number of amides is 1. The molecular formula is C26H24N4O2. The van der Waals surface area contributed by atoms with E-state index in [1.165, 1.54) is 0 Å². The normalized spacial score (nSPS) is 13.4. The summed E-state index contributed by atoms with van der Waals surface area (Å²) in [6, 6.07) is 24.5. The number of carbonyl (C=O) groups excluding carboxylic acids is 1. The van der Waals surface area contributed by atoms with Crippen LogP contribution in [0.15, 0.2) is 83.7 Å². The highest BCUT2D eigenvalue weighted by molar-refractivity contribution is 5.97. The van der Waals surface area contributed by atoms with Crippen molar-refractivity contribution >= 4 is 22.8 Å². The summed E-state index contributed by atoms with van der Waals surface area (Å²) in [6.07, 6.45) is 2.15. The van der Waals surface area contributed by atoms with Gasteiger partial charge >= 0.3 is 0 Å². The Morgan fingerprint density at radius 1 is 0.906 bits per heavy atom. The summed E-state index contributed by atoms with van der Waals surface area (Å²) in [5.41, 5.74) is 2.72. The van der Waals surface area contributed by atoms with Crippen LogP contribution in [0.5, 0.6) is 0 Å². The molecule has 1 fully saturated rings. The number of hydrogen-bond acceptors (Lipinski definition) is 4. The van der Waals surface area contributed by atoms with E-state index in [4.69, 9.17) is 4.98 Å². The van der Waals surface area contributed by atoms with Gasteiger partial charge in [0.15, 0.2) is 0 Å². The number of anilines is 1. The largest absolute Gasteiger partial charge is 0.348 e. The van der Waals surface area contributed by atoms with Crippen LogP contribution in [0, 0.1) is 0 Å². The summed E-state index contributed by atoms with van der Waals surface area (Å²) in [6.45, 7) is 2.17. The van der Waals surface area contributed by atoms with Crippen molar-refractivity contribution < 1.29 is 4.79 Å². The summed E-state index contributed by atoms with van der Waals surface area (Å²) in [5.74, 6) is 0.445. The van der Waals surface area contributed by atoms with Gasteiger partial charge in [0.1, 0.15) is 0 Å². The molecule has 1 N–H and O–H groups in total. The van der Waals surface area contributed by atoms with E-state index in [1.54, 1.807) is 22.8 Å². The molecule has 0 atom stereocenters. The Kier molecular flexibility index (Phi) is 5.42. The maximum atomic E-state index is 13.5. The average molecular weight is 425 g/mol. The van der Waals surface area contributed by atoms with Crippen LogP contribution in [0.25, 0.3) is 16.6 Å². The molecule has 1 aliphatic rings. The molecular weight excluding hydrogens is 400 g/mol. The zero-order valence-corrected chi connectivity index (χ0v) is 17.7. The van der Waals surface area contributed by atoms with E-state index in [2.05, 4.69) is 10.2 Å². The zero-order chi connectivity index (χ0) is 21.9. The molecule has 32 heavy (non-hydrogen) atoms. The Labute approximate surface area is 186 Å². The highest BCUT2D eigenvalue weighted by Crippen LogP contribution is 2.23. The minimum absolute atomic E-state index is 0.126. The lowest BCUT2D eigenvalue weighted by Gasteiger charge is -2.22. The Morgan fingerprint density at radius 2 is 1.59 bits per heavy atom. The van der Waals surface area contributed by atoms with Crippen molar-refractivity contribution in [2.75, 3.05) is 18.0 Å². The first kappa shape index (κ1) is 20.0. The second-order valence-electron chi connectivity index (χ2n) is 7.98. The van der Waals surface area contributed by atoms with Gasteiger partial charge in [0, 0.05) is 25.2 Å². The maximum Gasteiger partial charge on any atom is 0.267 e. The lowest BCUT2D eigenvalue weighted by Crippen LogP contribution is -2.30. The predicted molar refractivity (Wildman–Crippen MR) is 126 cm³/mol. The van der Waals surface area contributed by atoms with E-state index in [0.29, 0.717) is 29.0 Å². The molecule has 4 aromatic rings. The van der Waals surface area contributed by atoms with Gasteiger partial charge in [-0.25, -0.2) is 9.55 Å². The molecule has 0 aliphatic carbocycles. The minimum atomic E-state index is -0.187. The number of para-hydroxylation sites is 1. The summed E-state index contributed by atoms with van der Waals surface area (Å²) < 4.78 is 1.68. The van der Waals surface area contributed by atoms with Gasteiger partial charge in [-0.2, -0.15) is 0 Å². The van der Waals surface area contributed by atoms with E-state index in [0.717, 1.165) is 37.2 Å². The summed E-state index contributed by atoms with van der Waals surface area (Å²) in [7, 11) is 0. The molecule has 3 aromatic carbocycles. The first-order chi connectivity index (χ1) is 15.7. The molecule has 6 heteroatoms. The molecule has 0 saturated carbocycles. The number of fused-ring (bicyclic) bond motifs is 1. The third-order valence-electron chi connectivity index (χ3n) is 5.81. The van der Waals surface area contributed by atoms with Crippen LogP contribution in [0.2, 0.25) is 0 Å². The monoisotopic (exact) mass is 424 g/mol. The van der Waals surface area contributed by atoms with Crippen molar-refractivity contribution in [3.05, 3.63) is 100 Å². The standard InChI is InChI=1S/C26H24N4O2/c31-24(27-18-19-9-3-1-4-10-19)20-13-14-22-23(17-20)28-26(29-15-7-8-16-29)30(25(22)32)21-11-5-2-6-12-21/h1-6,9-14,17H,7-8,15-16,18H2,(H,27,31). The molecule has 1 amide bonds. The summed E-state index contributed by atoms with van der Waals surface area (Å²) in [4.78, 5) is 33.3. The molecule has 5 rings (SSSR count). The molecule has 0 unspecified atom stereocenters. The van der Waals surface area contributed by atoms with E-state index < -0.39 is 0 Å². The van der Waals surface area contributed by atoms with Crippen LogP contribution < -0.4 is 15.8 Å². The van der Waals surface area contributed by atoms with Gasteiger partial charge in [0.2, 0.25) is 5.95 Å². The molecule has 1 saturated heterocycles. The van der Waals surface area contributed by atoms with Crippen molar-refractivity contribution in [3.63, 3.8) is 0 Å². The molecule has 0 spiro atoms. The van der Waals surface area contributed by atoms with Crippen molar-refractivity contribution in [2.24, 2.45) is 0 Å². The van der Waals surface area contributed by atoms with Gasteiger partial charge in [0.05, 0.1) is 16.6 Å². The number of carbonyl (C=O) groups is 1. The minimum Gasteiger partial charge on any atom is -0.348 e. The smallest absolute Gasteiger partial charge is 0.267 e. The Hall–Kier alpha value is -3.93. The fraction of sp³-hybridized carbons (Fsp3) is 0.192. The Bertz CT molecular complexity index is 1310. The number of benzene rings is 3. The summed E-state index contributed by atoms with van der Waals surface area (Å²) in [5, 5.41) is 3.44. The molecule has 0 radical (unpaired) electrons. The molecule has 0 bridgehead atoms. The number of aromatic nitrogens is 2. The van der Waals surface area contributed by atoms with Crippen LogP contribution in [-0.2, 0) is 6.54 Å². The zero-order valence-electron chi connectivity index (χ0n) is 17.7. The van der Waals surface area contributed by atoms with Crippen molar-refractivity contribution in [1.29, 1.82) is 0 Å². The molecule has 1 aliphatic heterocycles. The third-order valence-corrected chi connectivity index (χ3v) is 5.81. The van der Waals surface area contributed by atoms with E-state index >= 15 is 0 Å². The average Bonchev–Trinajstić information content (AvgIpc) is 3.38. The first-order valence-corrected chi connectivity index (χ1v) is 10.9. The number of nitrogens with one attached hydrogen (secondary N) is 1. The highest BCUT2D eigenvalue weighted by atomic mass is 16.1. The van der Waals surface area contributed by atoms with Gasteiger partial charge in [-0.3, -0.25) is 9.59 Å². The maximum absolute atomic E-state index is 13.5. The topological polar surface area (TPSA) is 67.2 Å². The lowest BCUT2D eigenvalue weighted by molar-refractivity contribution is 0.0951. The predicted octanol–water partition coefficient (Wildman–Crippen LogP) is 3.92. The van der Waals surface area contributed by atoms with Crippen LogP contribution in [0.1, 0.15) is 28.8 Å². The van der Waals surface area contributed by atoms with Gasteiger partial charge in [-0.05, 0) is 48.7 Å². The lowest BCUT2D eigenvalue weighted by atomic mass is 10.1. The molecule has 160 valence electrons. The van der Waals surface area contributed by atoms with Crippen LogP contribution in [0.3, 0.4) is 0 Å². The van der Waals surface area contributed by atoms with Crippen molar-refractivity contribution in [1.82, 2.24) is 14.9 Å². The van der Waals surface area contributed by atoms with Crippen LogP contribution in [-0.4, -0.2) is 28.5 Å². The van der Waals surface area contributed by atoms with Gasteiger partial charge in [0.25, 0.3) is 11.5 Å². The second kappa shape index (κ2) is 8.67. The molecule has 1 aromatic heterocycles. The van der Waals surface area contributed by atoms with Crippen LogP contribution >= 0.6 is 0 Å². The van der Waals surface area contributed by atoms with E-state index in [9.17, 15) is 9.59 Å². The Balaban J connectivity index is 1.54. The van der Waals surface area contributed by atoms with E-state index in [1.807, 2.05) is 60.7 Å². The number of hydrogen-bond donors (Lipinski definition) is 1. The highest BCUT2D eigenvalue weighted by Gasteiger charge is 2.21. The SMILES string of the molecule is O=C(NCc1ccccc1)c1ccc2c(=O)n(-c3ccccc3)c(N3CCCC3)nc2c1. The number of rotatable bonds is 5. The third kappa shape index (κ3) is 3.87. The van der Waals surface area contributed by atoms with Crippen LogP contribution in [0.4, 0.5) is 5.95 Å². The number of nitrogens with zero attached hydrogens (tertiary/aromatic N) is 3. The quantitative estimate of drug-likeness (QED) is 0.527. The Morgan fingerprint density at radius 3 is 2.31 bits per heavy atom. The first-order valence-electron chi connectivity index (χ1n) is 10.9. The summed E-state index contributed by atoms with van der Waals surface area (Å²) >= 11 is 0. The molecule has 6 nitrogen and oxygen atoms in total. The van der Waals surface area contributed by atoms with Gasteiger partial charge in [-0.15, -0.1) is 0 Å².